The molecule has 1 amide bonds. The van der Waals surface area contributed by atoms with Crippen LogP contribution in [0.1, 0.15) is 24.3 Å². The number of fused-ring (bicyclic) bond motifs is 1. The number of carbonyl (C=O) groups is 1. The van der Waals surface area contributed by atoms with Crippen molar-refractivity contribution in [3.63, 3.8) is 0 Å². The number of carboxylic acid groups (broad SMARTS) is 1. The number of hydrogen-bond donors (Lipinski definition) is 3. The zero-order valence-corrected chi connectivity index (χ0v) is 12.2. The Morgan fingerprint density at radius 3 is 2.79 bits per heavy atom. The van der Waals surface area contributed by atoms with E-state index >= 15 is 0 Å². The Hall–Kier alpha value is -3.04. The van der Waals surface area contributed by atoms with Crippen LogP contribution in [0.2, 0.25) is 0 Å². The van der Waals surface area contributed by atoms with E-state index in [0.717, 1.165) is 12.1 Å². The van der Waals surface area contributed by atoms with E-state index in [1.807, 2.05) is 0 Å². The van der Waals surface area contributed by atoms with Gasteiger partial charge in [0.25, 0.3) is 0 Å². The van der Waals surface area contributed by atoms with E-state index in [2.05, 4.69) is 20.4 Å². The minimum atomic E-state index is -4.45. The van der Waals surface area contributed by atoms with E-state index in [-0.39, 0.29) is 22.8 Å². The zero-order chi connectivity index (χ0) is 17.5. The van der Waals surface area contributed by atoms with Gasteiger partial charge in [0, 0.05) is 6.07 Å². The van der Waals surface area contributed by atoms with Gasteiger partial charge in [-0.2, -0.15) is 13.2 Å². The van der Waals surface area contributed by atoms with Gasteiger partial charge < -0.3 is 19.9 Å². The van der Waals surface area contributed by atoms with Crippen molar-refractivity contribution >= 4 is 17.1 Å². The van der Waals surface area contributed by atoms with Crippen molar-refractivity contribution < 1.29 is 27.6 Å². The molecule has 2 heterocycles. The summed E-state index contributed by atoms with van der Waals surface area (Å²) in [5.74, 6) is 0.477. The Balaban J connectivity index is 1.93. The van der Waals surface area contributed by atoms with Crippen LogP contribution in [0, 0.1) is 0 Å². The van der Waals surface area contributed by atoms with Crippen LogP contribution in [0.5, 0.6) is 0 Å². The van der Waals surface area contributed by atoms with Crippen molar-refractivity contribution in [1.29, 1.82) is 0 Å². The first-order valence-electron chi connectivity index (χ1n) is 6.77. The molecule has 3 N–H and O–H groups in total. The van der Waals surface area contributed by atoms with Crippen LogP contribution in [-0.4, -0.2) is 26.3 Å². The van der Waals surface area contributed by atoms with Gasteiger partial charge in [-0.1, -0.05) is 5.16 Å². The summed E-state index contributed by atoms with van der Waals surface area (Å²) in [4.78, 5) is 17.5. The maximum Gasteiger partial charge on any atom is 0.416 e. The van der Waals surface area contributed by atoms with Gasteiger partial charge in [-0.05, 0) is 25.1 Å². The molecule has 10 heteroatoms. The van der Waals surface area contributed by atoms with Crippen molar-refractivity contribution in [1.82, 2.24) is 20.4 Å². The molecule has 0 saturated carbocycles. The molecule has 1 aromatic carbocycles. The van der Waals surface area contributed by atoms with Crippen molar-refractivity contribution in [2.45, 2.75) is 19.1 Å². The molecule has 0 fully saturated rings. The van der Waals surface area contributed by atoms with Crippen LogP contribution >= 0.6 is 0 Å². The first-order valence-corrected chi connectivity index (χ1v) is 6.77. The second kappa shape index (κ2) is 5.55. The fourth-order valence-corrected chi connectivity index (χ4v) is 2.17. The SMILES string of the molecule is CC(NC(=O)O)c1cc(-c2nc3ccc(C(F)(F)F)cc3[nH]2)no1. The summed E-state index contributed by atoms with van der Waals surface area (Å²) in [6.07, 6.45) is -5.66. The van der Waals surface area contributed by atoms with Gasteiger partial charge in [-0.25, -0.2) is 9.78 Å². The normalized spacial score (nSPS) is 13.2. The van der Waals surface area contributed by atoms with Gasteiger partial charge in [0.2, 0.25) is 0 Å². The minimum Gasteiger partial charge on any atom is -0.465 e. The summed E-state index contributed by atoms with van der Waals surface area (Å²) in [7, 11) is 0. The molecule has 126 valence electrons. The lowest BCUT2D eigenvalue weighted by Crippen LogP contribution is -2.23. The average molecular weight is 340 g/mol. The third-order valence-corrected chi connectivity index (χ3v) is 3.35. The molecule has 0 saturated heterocycles. The number of benzene rings is 1. The Labute approximate surface area is 132 Å². The predicted octanol–water partition coefficient (Wildman–Crippen LogP) is 3.57. The van der Waals surface area contributed by atoms with E-state index in [4.69, 9.17) is 9.63 Å². The maximum atomic E-state index is 12.7. The molecule has 0 radical (unpaired) electrons. The molecule has 0 bridgehead atoms. The summed E-state index contributed by atoms with van der Waals surface area (Å²) in [6, 6.07) is 3.99. The van der Waals surface area contributed by atoms with Crippen molar-refractivity contribution in [3.8, 4) is 11.5 Å². The molecule has 0 spiro atoms. The molecule has 3 rings (SSSR count). The maximum absolute atomic E-state index is 12.7. The highest BCUT2D eigenvalue weighted by molar-refractivity contribution is 5.79. The standard InChI is InChI=1S/C14H11F3N4O3/c1-6(18-13(22)23)11-5-10(21-24-11)12-19-8-3-2-7(14(15,16)17)4-9(8)20-12/h2-6,18H,1H3,(H,19,20)(H,22,23). The van der Waals surface area contributed by atoms with E-state index in [1.54, 1.807) is 6.92 Å². The molecule has 2 aromatic heterocycles. The van der Waals surface area contributed by atoms with Crippen LogP contribution in [0.25, 0.3) is 22.6 Å². The number of imidazole rings is 1. The Morgan fingerprint density at radius 1 is 1.38 bits per heavy atom. The first kappa shape index (κ1) is 15.8. The Kier molecular flexibility index (Phi) is 3.66. The van der Waals surface area contributed by atoms with Crippen LogP contribution in [0.15, 0.2) is 28.8 Å². The van der Waals surface area contributed by atoms with Gasteiger partial charge in [-0.3, -0.25) is 0 Å². The molecule has 24 heavy (non-hydrogen) atoms. The first-order chi connectivity index (χ1) is 11.2. The van der Waals surface area contributed by atoms with E-state index in [0.29, 0.717) is 5.52 Å². The van der Waals surface area contributed by atoms with Crippen LogP contribution in [0.3, 0.4) is 0 Å². The highest BCUT2D eigenvalue weighted by atomic mass is 19.4. The van der Waals surface area contributed by atoms with Crippen molar-refractivity contribution in [2.24, 2.45) is 0 Å². The second-order valence-electron chi connectivity index (χ2n) is 5.10. The smallest absolute Gasteiger partial charge is 0.416 e. The lowest BCUT2D eigenvalue weighted by atomic mass is 10.2. The number of hydrogen-bond acceptors (Lipinski definition) is 4. The summed E-state index contributed by atoms with van der Waals surface area (Å²) in [6.45, 7) is 1.56. The van der Waals surface area contributed by atoms with Crippen LogP contribution in [0.4, 0.5) is 18.0 Å². The predicted molar refractivity (Wildman–Crippen MR) is 76.2 cm³/mol. The third kappa shape index (κ3) is 3.03. The molecular weight excluding hydrogens is 329 g/mol. The fraction of sp³-hybridized carbons (Fsp3) is 0.214. The highest BCUT2D eigenvalue weighted by Crippen LogP contribution is 2.31. The number of aromatic amines is 1. The summed E-state index contributed by atoms with van der Waals surface area (Å²) in [5, 5.41) is 14.6. The van der Waals surface area contributed by atoms with Gasteiger partial charge in [0.05, 0.1) is 22.6 Å². The topological polar surface area (TPSA) is 104 Å². The lowest BCUT2D eigenvalue weighted by Gasteiger charge is -2.05. The molecular formula is C14H11F3N4O3. The quantitative estimate of drug-likeness (QED) is 0.676. The van der Waals surface area contributed by atoms with Crippen molar-refractivity contribution in [3.05, 3.63) is 35.6 Å². The van der Waals surface area contributed by atoms with Crippen LogP contribution in [-0.2, 0) is 6.18 Å². The zero-order valence-electron chi connectivity index (χ0n) is 12.2. The number of H-pyrrole nitrogens is 1. The number of amides is 1. The number of nitrogens with zero attached hydrogens (tertiary/aromatic N) is 2. The summed E-state index contributed by atoms with van der Waals surface area (Å²) >= 11 is 0. The van der Waals surface area contributed by atoms with Gasteiger partial charge in [-0.15, -0.1) is 0 Å². The highest BCUT2D eigenvalue weighted by Gasteiger charge is 2.30. The molecule has 7 nitrogen and oxygen atoms in total. The van der Waals surface area contributed by atoms with Gasteiger partial charge in [0.15, 0.2) is 11.6 Å². The Bertz CT molecular complexity index is 900. The number of halogens is 3. The number of alkyl halides is 3. The van der Waals surface area contributed by atoms with Crippen LogP contribution < -0.4 is 5.32 Å². The second-order valence-corrected chi connectivity index (χ2v) is 5.10. The van der Waals surface area contributed by atoms with E-state index in [9.17, 15) is 18.0 Å². The largest absolute Gasteiger partial charge is 0.465 e. The number of aromatic nitrogens is 3. The third-order valence-electron chi connectivity index (χ3n) is 3.35. The fourth-order valence-electron chi connectivity index (χ4n) is 2.17. The molecule has 1 atom stereocenters. The molecule has 0 aliphatic heterocycles. The minimum absolute atomic E-state index is 0.209. The molecule has 1 unspecified atom stereocenters. The molecule has 0 aliphatic rings. The average Bonchev–Trinajstić information content (AvgIpc) is 3.11. The molecule has 0 aliphatic carbocycles. The monoisotopic (exact) mass is 340 g/mol. The van der Waals surface area contributed by atoms with E-state index in [1.165, 1.54) is 12.1 Å². The number of nitrogens with one attached hydrogen (secondary N) is 2. The Morgan fingerprint density at radius 2 is 2.12 bits per heavy atom. The molecule has 3 aromatic rings. The summed E-state index contributed by atoms with van der Waals surface area (Å²) in [5.41, 5.74) is 0.0273. The van der Waals surface area contributed by atoms with Gasteiger partial charge >= 0.3 is 12.3 Å². The van der Waals surface area contributed by atoms with Crippen molar-refractivity contribution in [2.75, 3.05) is 0 Å². The van der Waals surface area contributed by atoms with Gasteiger partial charge in [0.1, 0.15) is 5.69 Å². The number of rotatable bonds is 3. The van der Waals surface area contributed by atoms with E-state index < -0.39 is 23.9 Å². The lowest BCUT2D eigenvalue weighted by molar-refractivity contribution is -0.137. The summed E-state index contributed by atoms with van der Waals surface area (Å²) < 4.78 is 43.2.